The molecule has 0 fully saturated rings. The second-order valence-corrected chi connectivity index (χ2v) is 5.90. The molecule has 0 aliphatic rings. The zero-order chi connectivity index (χ0) is 14.8. The lowest BCUT2D eigenvalue weighted by molar-refractivity contribution is 0.100. The van der Waals surface area contributed by atoms with Crippen LogP contribution in [0, 0.1) is 6.92 Å². The van der Waals surface area contributed by atoms with Gasteiger partial charge in [0.2, 0.25) is 0 Å². The fourth-order valence-electron chi connectivity index (χ4n) is 2.14. The molecule has 0 aliphatic carbocycles. The lowest BCUT2D eigenvalue weighted by Gasteiger charge is -1.99. The molecule has 0 unspecified atom stereocenters. The first-order valence-electron chi connectivity index (χ1n) is 6.60. The van der Waals surface area contributed by atoms with Gasteiger partial charge in [0.1, 0.15) is 11.3 Å². The van der Waals surface area contributed by atoms with Gasteiger partial charge in [0.15, 0.2) is 0 Å². The number of aromatic amines is 1. The standard InChI is InChI=1S/C16H15N3OS/c1-10-5-7-11(8-6-10)21-9-14-18-13-4-2-3-12(16(17)20)15(13)19-14/h2-8H,9H2,1H3,(H2,17,20)(H,18,19). The van der Waals surface area contributed by atoms with E-state index in [9.17, 15) is 4.79 Å². The Kier molecular flexibility index (Phi) is 3.66. The maximum absolute atomic E-state index is 11.4. The summed E-state index contributed by atoms with van der Waals surface area (Å²) >= 11 is 1.70. The van der Waals surface area contributed by atoms with Crippen molar-refractivity contribution in [3.8, 4) is 0 Å². The van der Waals surface area contributed by atoms with Gasteiger partial charge in [-0.2, -0.15) is 0 Å². The van der Waals surface area contributed by atoms with Crippen molar-refractivity contribution < 1.29 is 4.79 Å². The van der Waals surface area contributed by atoms with E-state index in [2.05, 4.69) is 41.2 Å². The molecule has 5 heteroatoms. The summed E-state index contributed by atoms with van der Waals surface area (Å²) in [6.45, 7) is 2.07. The van der Waals surface area contributed by atoms with Crippen LogP contribution in [0.15, 0.2) is 47.4 Å². The van der Waals surface area contributed by atoms with Gasteiger partial charge in [-0.25, -0.2) is 4.98 Å². The number of nitrogens with one attached hydrogen (secondary N) is 1. The molecule has 21 heavy (non-hydrogen) atoms. The number of aromatic nitrogens is 2. The summed E-state index contributed by atoms with van der Waals surface area (Å²) in [5.41, 5.74) is 8.55. The number of nitrogens with two attached hydrogens (primary N) is 1. The molecule has 0 aliphatic heterocycles. The van der Waals surface area contributed by atoms with Gasteiger partial charge in [0.25, 0.3) is 5.91 Å². The van der Waals surface area contributed by atoms with Gasteiger partial charge in [-0.1, -0.05) is 23.8 Å². The van der Waals surface area contributed by atoms with Gasteiger partial charge in [0, 0.05) is 4.90 Å². The fourth-order valence-corrected chi connectivity index (χ4v) is 2.91. The zero-order valence-electron chi connectivity index (χ0n) is 11.6. The quantitative estimate of drug-likeness (QED) is 0.726. The van der Waals surface area contributed by atoms with Crippen molar-refractivity contribution in [2.24, 2.45) is 5.73 Å². The Morgan fingerprint density at radius 3 is 2.71 bits per heavy atom. The molecule has 0 saturated heterocycles. The van der Waals surface area contributed by atoms with Gasteiger partial charge < -0.3 is 10.7 Å². The van der Waals surface area contributed by atoms with Gasteiger partial charge in [-0.15, -0.1) is 11.8 Å². The topological polar surface area (TPSA) is 71.8 Å². The Bertz CT molecular complexity index is 793. The van der Waals surface area contributed by atoms with Crippen molar-refractivity contribution in [1.29, 1.82) is 0 Å². The minimum atomic E-state index is -0.454. The first-order chi connectivity index (χ1) is 10.1. The Balaban J connectivity index is 1.83. The molecule has 3 rings (SSSR count). The lowest BCUT2D eigenvalue weighted by atomic mass is 10.2. The summed E-state index contributed by atoms with van der Waals surface area (Å²) in [7, 11) is 0. The predicted molar refractivity (Wildman–Crippen MR) is 85.4 cm³/mol. The molecule has 0 bridgehead atoms. The minimum absolute atomic E-state index is 0.454. The Labute approximate surface area is 126 Å². The molecule has 0 saturated carbocycles. The van der Waals surface area contributed by atoms with E-state index in [1.165, 1.54) is 10.5 Å². The van der Waals surface area contributed by atoms with Crippen molar-refractivity contribution >= 4 is 28.7 Å². The molecule has 1 aromatic heterocycles. The number of nitrogens with zero attached hydrogens (tertiary/aromatic N) is 1. The molecule has 1 amide bonds. The third-order valence-electron chi connectivity index (χ3n) is 3.22. The Morgan fingerprint density at radius 1 is 1.24 bits per heavy atom. The van der Waals surface area contributed by atoms with Gasteiger partial charge in [0.05, 0.1) is 16.8 Å². The molecular formula is C16H15N3OS. The third kappa shape index (κ3) is 2.92. The Hall–Kier alpha value is -2.27. The monoisotopic (exact) mass is 297 g/mol. The van der Waals surface area contributed by atoms with Crippen LogP contribution < -0.4 is 5.73 Å². The van der Waals surface area contributed by atoms with Gasteiger partial charge in [-0.3, -0.25) is 4.79 Å². The molecule has 0 radical (unpaired) electrons. The number of primary amides is 1. The normalized spacial score (nSPS) is 10.9. The highest BCUT2D eigenvalue weighted by molar-refractivity contribution is 7.98. The van der Waals surface area contributed by atoms with Crippen molar-refractivity contribution in [1.82, 2.24) is 9.97 Å². The fraction of sp³-hybridized carbons (Fsp3) is 0.125. The van der Waals surface area contributed by atoms with Gasteiger partial charge >= 0.3 is 0 Å². The maximum atomic E-state index is 11.4. The maximum Gasteiger partial charge on any atom is 0.250 e. The molecular weight excluding hydrogens is 282 g/mol. The molecule has 4 nitrogen and oxygen atoms in total. The molecule has 3 N–H and O–H groups in total. The van der Waals surface area contributed by atoms with Crippen LogP contribution in [0.5, 0.6) is 0 Å². The first-order valence-corrected chi connectivity index (χ1v) is 7.59. The number of para-hydroxylation sites is 1. The number of amides is 1. The number of fused-ring (bicyclic) bond motifs is 1. The van der Waals surface area contributed by atoms with Crippen LogP contribution in [0.4, 0.5) is 0 Å². The van der Waals surface area contributed by atoms with E-state index in [0.717, 1.165) is 17.1 Å². The second-order valence-electron chi connectivity index (χ2n) is 4.85. The van der Waals surface area contributed by atoms with Crippen molar-refractivity contribution in [3.05, 3.63) is 59.4 Å². The van der Waals surface area contributed by atoms with Crippen molar-refractivity contribution in [2.75, 3.05) is 0 Å². The third-order valence-corrected chi connectivity index (χ3v) is 4.25. The van der Waals surface area contributed by atoms with Crippen LogP contribution in [-0.2, 0) is 5.75 Å². The molecule has 2 aromatic carbocycles. The van der Waals surface area contributed by atoms with Crippen LogP contribution in [0.1, 0.15) is 21.7 Å². The highest BCUT2D eigenvalue weighted by Crippen LogP contribution is 2.24. The number of hydrogen-bond donors (Lipinski definition) is 2. The first kappa shape index (κ1) is 13.7. The van der Waals surface area contributed by atoms with Crippen LogP contribution in [0.2, 0.25) is 0 Å². The van der Waals surface area contributed by atoms with E-state index in [1.54, 1.807) is 23.9 Å². The summed E-state index contributed by atoms with van der Waals surface area (Å²) in [4.78, 5) is 20.3. The molecule has 0 spiro atoms. The summed E-state index contributed by atoms with van der Waals surface area (Å²) in [6.07, 6.45) is 0. The van der Waals surface area contributed by atoms with E-state index in [4.69, 9.17) is 5.73 Å². The van der Waals surface area contributed by atoms with E-state index >= 15 is 0 Å². The second kappa shape index (κ2) is 5.61. The van der Waals surface area contributed by atoms with E-state index < -0.39 is 5.91 Å². The van der Waals surface area contributed by atoms with E-state index in [1.807, 2.05) is 6.07 Å². The van der Waals surface area contributed by atoms with E-state index in [-0.39, 0.29) is 0 Å². The number of aryl methyl sites for hydroxylation is 1. The predicted octanol–water partition coefficient (Wildman–Crippen LogP) is 3.26. The number of rotatable bonds is 4. The van der Waals surface area contributed by atoms with E-state index in [0.29, 0.717) is 11.1 Å². The number of thioether (sulfide) groups is 1. The minimum Gasteiger partial charge on any atom is -0.366 e. The lowest BCUT2D eigenvalue weighted by Crippen LogP contribution is -2.11. The van der Waals surface area contributed by atoms with Crippen LogP contribution in [0.3, 0.4) is 0 Å². The number of carbonyl (C=O) groups excluding carboxylic acids is 1. The average molecular weight is 297 g/mol. The highest BCUT2D eigenvalue weighted by Gasteiger charge is 2.11. The van der Waals surface area contributed by atoms with Crippen LogP contribution in [-0.4, -0.2) is 15.9 Å². The molecule has 1 heterocycles. The number of carbonyl (C=O) groups is 1. The Morgan fingerprint density at radius 2 is 2.00 bits per heavy atom. The highest BCUT2D eigenvalue weighted by atomic mass is 32.2. The smallest absolute Gasteiger partial charge is 0.250 e. The summed E-state index contributed by atoms with van der Waals surface area (Å²) in [5, 5.41) is 0. The number of imidazole rings is 1. The molecule has 0 atom stereocenters. The summed E-state index contributed by atoms with van der Waals surface area (Å²) in [5.74, 6) is 1.10. The van der Waals surface area contributed by atoms with Crippen molar-refractivity contribution in [3.63, 3.8) is 0 Å². The summed E-state index contributed by atoms with van der Waals surface area (Å²) in [6, 6.07) is 13.8. The van der Waals surface area contributed by atoms with Crippen LogP contribution in [0.25, 0.3) is 11.0 Å². The molecule has 106 valence electrons. The summed E-state index contributed by atoms with van der Waals surface area (Å²) < 4.78 is 0. The van der Waals surface area contributed by atoms with Gasteiger partial charge in [-0.05, 0) is 31.2 Å². The van der Waals surface area contributed by atoms with Crippen LogP contribution >= 0.6 is 11.8 Å². The average Bonchev–Trinajstić information content (AvgIpc) is 2.89. The number of H-pyrrole nitrogens is 1. The number of hydrogen-bond acceptors (Lipinski definition) is 3. The number of benzene rings is 2. The zero-order valence-corrected chi connectivity index (χ0v) is 12.4. The van der Waals surface area contributed by atoms with Crippen molar-refractivity contribution in [2.45, 2.75) is 17.6 Å². The largest absolute Gasteiger partial charge is 0.366 e. The molecule has 3 aromatic rings. The SMILES string of the molecule is Cc1ccc(SCc2nc3c(C(N)=O)cccc3[nH]2)cc1.